The Morgan fingerprint density at radius 2 is 1.26 bits per heavy atom. The van der Waals surface area contributed by atoms with Gasteiger partial charge in [-0.05, 0) is 11.1 Å². The smallest absolute Gasteiger partial charge is 0.260 e. The lowest BCUT2D eigenvalue weighted by Gasteiger charge is -2.14. The van der Waals surface area contributed by atoms with E-state index in [4.69, 9.17) is 11.5 Å². The van der Waals surface area contributed by atoms with Gasteiger partial charge in [-0.25, -0.2) is 0 Å². The number of nitrogens with two attached hydrogens (primary N) is 2. The Balaban J connectivity index is 2.46. The van der Waals surface area contributed by atoms with E-state index < -0.39 is 5.92 Å². The van der Waals surface area contributed by atoms with Crippen LogP contribution in [0.2, 0.25) is 0 Å². The van der Waals surface area contributed by atoms with Crippen molar-refractivity contribution >= 4 is 11.9 Å². The second-order valence-electron chi connectivity index (χ2n) is 4.13. The zero-order chi connectivity index (χ0) is 13.7. The maximum absolute atomic E-state index is 12.2. The van der Waals surface area contributed by atoms with Gasteiger partial charge in [-0.15, -0.1) is 0 Å². The molecule has 2 aromatic rings. The first-order chi connectivity index (χ1) is 9.18. The lowest BCUT2D eigenvalue weighted by atomic mass is 9.91. The summed E-state index contributed by atoms with van der Waals surface area (Å²) in [5.74, 6) is -1.07. The van der Waals surface area contributed by atoms with Crippen LogP contribution in [0.25, 0.3) is 0 Å². The molecular weight excluding hydrogens is 238 g/mol. The largest absolute Gasteiger partial charge is 0.370 e. The van der Waals surface area contributed by atoms with E-state index in [1.54, 1.807) is 0 Å². The van der Waals surface area contributed by atoms with E-state index in [0.29, 0.717) is 0 Å². The number of hydrogen-bond acceptors (Lipinski definition) is 1. The molecule has 96 valence electrons. The fraction of sp³-hybridized carbons (Fsp3) is 0.0667. The summed E-state index contributed by atoms with van der Waals surface area (Å²) in [5.41, 5.74) is 12.3. The van der Waals surface area contributed by atoms with Crippen molar-refractivity contribution in [1.29, 1.82) is 0 Å². The second-order valence-corrected chi connectivity index (χ2v) is 4.13. The van der Waals surface area contributed by atoms with Crippen LogP contribution in [0.3, 0.4) is 0 Å². The van der Waals surface area contributed by atoms with E-state index in [2.05, 4.69) is 4.99 Å². The van der Waals surface area contributed by atoms with Gasteiger partial charge in [0.05, 0.1) is 5.92 Å². The molecule has 2 rings (SSSR count). The molecule has 0 bridgehead atoms. The lowest BCUT2D eigenvalue weighted by Crippen LogP contribution is -2.26. The SMILES string of the molecule is NC(N)=NC(=O)C(c1ccccc1)c1ccccc1. The van der Waals surface area contributed by atoms with Crippen molar-refractivity contribution in [2.75, 3.05) is 0 Å². The zero-order valence-corrected chi connectivity index (χ0v) is 10.4. The summed E-state index contributed by atoms with van der Waals surface area (Å²) in [4.78, 5) is 15.9. The van der Waals surface area contributed by atoms with Crippen LogP contribution in [-0.4, -0.2) is 11.9 Å². The third-order valence-electron chi connectivity index (χ3n) is 2.75. The van der Waals surface area contributed by atoms with Gasteiger partial charge >= 0.3 is 0 Å². The molecule has 0 saturated carbocycles. The highest BCUT2D eigenvalue weighted by atomic mass is 16.1. The van der Waals surface area contributed by atoms with Crippen molar-refractivity contribution in [2.24, 2.45) is 16.5 Å². The summed E-state index contributed by atoms with van der Waals surface area (Å²) in [7, 11) is 0. The molecule has 0 saturated heterocycles. The maximum Gasteiger partial charge on any atom is 0.260 e. The van der Waals surface area contributed by atoms with Gasteiger partial charge in [0, 0.05) is 0 Å². The van der Waals surface area contributed by atoms with Crippen LogP contribution in [0.1, 0.15) is 17.0 Å². The Morgan fingerprint density at radius 3 is 1.63 bits per heavy atom. The highest BCUT2D eigenvalue weighted by Crippen LogP contribution is 2.25. The normalized spacial score (nSPS) is 10.2. The van der Waals surface area contributed by atoms with Crippen LogP contribution in [0.4, 0.5) is 0 Å². The molecule has 0 aromatic heterocycles. The summed E-state index contributed by atoms with van der Waals surface area (Å²) in [6, 6.07) is 18.9. The van der Waals surface area contributed by atoms with Gasteiger partial charge in [-0.3, -0.25) is 4.79 Å². The summed E-state index contributed by atoms with van der Waals surface area (Å²) in [5, 5.41) is 0. The van der Waals surface area contributed by atoms with Crippen molar-refractivity contribution in [3.05, 3.63) is 71.8 Å². The molecule has 4 nitrogen and oxygen atoms in total. The van der Waals surface area contributed by atoms with Gasteiger partial charge in [-0.1, -0.05) is 60.7 Å². The van der Waals surface area contributed by atoms with Crippen LogP contribution < -0.4 is 11.5 Å². The first-order valence-electron chi connectivity index (χ1n) is 5.92. The van der Waals surface area contributed by atoms with Crippen LogP contribution >= 0.6 is 0 Å². The van der Waals surface area contributed by atoms with Gasteiger partial charge in [-0.2, -0.15) is 4.99 Å². The number of rotatable bonds is 3. The number of guanidine groups is 1. The summed E-state index contributed by atoms with van der Waals surface area (Å²) < 4.78 is 0. The van der Waals surface area contributed by atoms with Crippen molar-refractivity contribution in [1.82, 2.24) is 0 Å². The molecule has 1 amide bonds. The van der Waals surface area contributed by atoms with Gasteiger partial charge in [0.15, 0.2) is 5.96 Å². The summed E-state index contributed by atoms with van der Waals surface area (Å²) >= 11 is 0. The van der Waals surface area contributed by atoms with Crippen molar-refractivity contribution in [3.8, 4) is 0 Å². The van der Waals surface area contributed by atoms with E-state index in [-0.39, 0.29) is 11.9 Å². The number of benzene rings is 2. The van der Waals surface area contributed by atoms with E-state index in [1.807, 2.05) is 60.7 Å². The van der Waals surface area contributed by atoms with E-state index in [1.165, 1.54) is 0 Å². The van der Waals surface area contributed by atoms with Crippen LogP contribution in [-0.2, 0) is 4.79 Å². The van der Waals surface area contributed by atoms with E-state index in [9.17, 15) is 4.79 Å². The Hall–Kier alpha value is -2.62. The Labute approximate surface area is 111 Å². The van der Waals surface area contributed by atoms with E-state index >= 15 is 0 Å². The highest BCUT2D eigenvalue weighted by Gasteiger charge is 2.22. The summed E-state index contributed by atoms with van der Waals surface area (Å²) in [6.45, 7) is 0. The average Bonchev–Trinajstić information content (AvgIpc) is 2.40. The highest BCUT2D eigenvalue weighted by molar-refractivity contribution is 5.96. The van der Waals surface area contributed by atoms with Crippen molar-refractivity contribution in [3.63, 3.8) is 0 Å². The van der Waals surface area contributed by atoms with Crippen molar-refractivity contribution in [2.45, 2.75) is 5.92 Å². The van der Waals surface area contributed by atoms with Crippen LogP contribution in [0.5, 0.6) is 0 Å². The van der Waals surface area contributed by atoms with Gasteiger partial charge < -0.3 is 11.5 Å². The number of aliphatic imine (C=N–C) groups is 1. The molecule has 0 aliphatic carbocycles. The maximum atomic E-state index is 12.2. The molecular formula is C15H15N3O. The average molecular weight is 253 g/mol. The number of carbonyl (C=O) groups is 1. The molecule has 0 spiro atoms. The number of nitrogens with zero attached hydrogens (tertiary/aromatic N) is 1. The molecule has 0 heterocycles. The quantitative estimate of drug-likeness (QED) is 0.644. The molecule has 0 fully saturated rings. The fourth-order valence-electron chi connectivity index (χ4n) is 1.96. The summed E-state index contributed by atoms with van der Waals surface area (Å²) in [6.07, 6.45) is 0. The first kappa shape index (κ1) is 12.8. The van der Waals surface area contributed by atoms with E-state index in [0.717, 1.165) is 11.1 Å². The minimum Gasteiger partial charge on any atom is -0.370 e. The number of hydrogen-bond donors (Lipinski definition) is 2. The van der Waals surface area contributed by atoms with Crippen molar-refractivity contribution < 1.29 is 4.79 Å². The van der Waals surface area contributed by atoms with Gasteiger partial charge in [0.2, 0.25) is 0 Å². The number of amides is 1. The monoisotopic (exact) mass is 253 g/mol. The zero-order valence-electron chi connectivity index (χ0n) is 10.4. The molecule has 0 atom stereocenters. The molecule has 0 radical (unpaired) electrons. The molecule has 2 aromatic carbocycles. The molecule has 0 aliphatic rings. The molecule has 0 aliphatic heterocycles. The second kappa shape index (κ2) is 5.82. The van der Waals surface area contributed by atoms with Crippen LogP contribution in [0, 0.1) is 0 Å². The van der Waals surface area contributed by atoms with Gasteiger partial charge in [0.25, 0.3) is 5.91 Å². The molecule has 19 heavy (non-hydrogen) atoms. The predicted octanol–water partition coefficient (Wildman–Crippen LogP) is 1.62. The molecule has 4 heteroatoms. The Bertz CT molecular complexity index is 535. The Morgan fingerprint density at radius 1 is 0.842 bits per heavy atom. The standard InChI is InChI=1S/C15H15N3O/c16-15(17)18-14(19)13(11-7-3-1-4-8-11)12-9-5-2-6-10-12/h1-10,13H,(H4,16,17,18,19). The van der Waals surface area contributed by atoms with Crippen LogP contribution in [0.15, 0.2) is 65.7 Å². The predicted molar refractivity (Wildman–Crippen MR) is 75.5 cm³/mol. The fourth-order valence-corrected chi connectivity index (χ4v) is 1.96. The minimum absolute atomic E-state index is 0.220. The minimum atomic E-state index is -0.482. The topological polar surface area (TPSA) is 81.5 Å². The lowest BCUT2D eigenvalue weighted by molar-refractivity contribution is -0.118. The first-order valence-corrected chi connectivity index (χ1v) is 5.92. The third-order valence-corrected chi connectivity index (χ3v) is 2.75. The molecule has 4 N–H and O–H groups in total. The van der Waals surface area contributed by atoms with Gasteiger partial charge in [0.1, 0.15) is 0 Å². The third kappa shape index (κ3) is 3.19. The number of carbonyl (C=O) groups excluding carboxylic acids is 1. The Kier molecular flexibility index (Phi) is 3.93. The molecule has 0 unspecified atom stereocenters.